The Morgan fingerprint density at radius 2 is 2.38 bits per heavy atom. The van der Waals surface area contributed by atoms with E-state index in [0.29, 0.717) is 6.54 Å². The molecule has 0 N–H and O–H groups in total. The lowest BCUT2D eigenvalue weighted by atomic mass is 10.8. The maximum Gasteiger partial charge on any atom is 0.106 e. The summed E-state index contributed by atoms with van der Waals surface area (Å²) in [6, 6.07) is 0. The van der Waals surface area contributed by atoms with Gasteiger partial charge in [0.2, 0.25) is 0 Å². The van der Waals surface area contributed by atoms with Crippen LogP contribution in [0.1, 0.15) is 6.92 Å². The number of rotatable bonds is 3. The fraction of sp³-hybridized carbons (Fsp3) is 1.00. The molecule has 0 amide bonds. The second-order valence-electron chi connectivity index (χ2n) is 1.22. The average molecular weight is 138 g/mol. The van der Waals surface area contributed by atoms with Crippen LogP contribution in [0, 0.1) is 0 Å². The summed E-state index contributed by atoms with van der Waals surface area (Å²) in [4.78, 5) is 0. The third-order valence-electron chi connectivity index (χ3n) is 0.633. The van der Waals surface area contributed by atoms with Gasteiger partial charge in [-0.1, -0.05) is 6.92 Å². The maximum atomic E-state index is 9.70. The first kappa shape index (κ1) is 8.03. The van der Waals surface area contributed by atoms with Gasteiger partial charge in [-0.05, 0) is 0 Å². The van der Waals surface area contributed by atoms with Crippen LogP contribution in [0.2, 0.25) is 0 Å². The molecule has 0 aromatic heterocycles. The van der Waals surface area contributed by atoms with E-state index in [2.05, 4.69) is 4.28 Å². The van der Waals surface area contributed by atoms with Crippen molar-refractivity contribution in [3.05, 3.63) is 0 Å². The Balaban J connectivity index is 3.24. The zero-order valence-corrected chi connectivity index (χ0v) is 5.60. The van der Waals surface area contributed by atoms with Gasteiger partial charge in [0, 0.05) is 13.6 Å². The Labute approximate surface area is 50.9 Å². The van der Waals surface area contributed by atoms with E-state index in [1.54, 1.807) is 6.92 Å². The lowest BCUT2D eigenvalue weighted by Crippen LogP contribution is -2.19. The first-order valence-electron chi connectivity index (χ1n) is 2.15. The second kappa shape index (κ2) is 3.96. The summed E-state index contributed by atoms with van der Waals surface area (Å²) in [6.45, 7) is 2.33. The van der Waals surface area contributed by atoms with Crippen LogP contribution < -0.4 is 0 Å². The first-order chi connectivity index (χ1) is 3.66. The van der Waals surface area contributed by atoms with Gasteiger partial charge in [-0.3, -0.25) is 0 Å². The molecule has 50 valence electrons. The van der Waals surface area contributed by atoms with E-state index in [1.807, 2.05) is 0 Å². The highest BCUT2D eigenvalue weighted by Gasteiger charge is 1.90. The molecule has 4 nitrogen and oxygen atoms in total. The van der Waals surface area contributed by atoms with Crippen molar-refractivity contribution in [3.63, 3.8) is 0 Å². The van der Waals surface area contributed by atoms with Crippen molar-refractivity contribution in [3.8, 4) is 0 Å². The molecule has 0 spiro atoms. The average Bonchev–Trinajstić information content (AvgIpc) is 1.65. The quantitative estimate of drug-likeness (QED) is 0.395. The minimum Gasteiger partial charge on any atom is -0.748 e. The smallest absolute Gasteiger partial charge is 0.106 e. The fourth-order valence-electron chi connectivity index (χ4n) is 0.157. The predicted molar refractivity (Wildman–Crippen MR) is 28.3 cm³/mol. The van der Waals surface area contributed by atoms with E-state index < -0.39 is 11.4 Å². The molecule has 0 aliphatic carbocycles. The Morgan fingerprint density at radius 1 is 1.88 bits per heavy atom. The highest BCUT2D eigenvalue weighted by atomic mass is 32.2. The molecule has 1 atom stereocenters. The number of hydrogen-bond donors (Lipinski definition) is 0. The van der Waals surface area contributed by atoms with Crippen molar-refractivity contribution < 1.29 is 13.0 Å². The fourth-order valence-corrected chi connectivity index (χ4v) is 0.470. The monoisotopic (exact) mass is 138 g/mol. The van der Waals surface area contributed by atoms with Gasteiger partial charge in [-0.2, -0.15) is 5.06 Å². The zero-order valence-electron chi connectivity index (χ0n) is 4.79. The highest BCUT2D eigenvalue weighted by Crippen LogP contribution is 1.84. The van der Waals surface area contributed by atoms with Gasteiger partial charge in [0.05, 0.1) is 0 Å². The molecule has 1 unspecified atom stereocenters. The van der Waals surface area contributed by atoms with Gasteiger partial charge in [-0.15, -0.1) is 0 Å². The van der Waals surface area contributed by atoms with Crippen molar-refractivity contribution in [2.45, 2.75) is 6.92 Å². The molecule has 0 aliphatic heterocycles. The predicted octanol–water partition coefficient (Wildman–Crippen LogP) is -0.336. The summed E-state index contributed by atoms with van der Waals surface area (Å²) in [5, 5.41) is 1.21. The van der Waals surface area contributed by atoms with Crippen LogP contribution in [0.3, 0.4) is 0 Å². The van der Waals surface area contributed by atoms with Crippen LogP contribution in [0.5, 0.6) is 0 Å². The Kier molecular flexibility index (Phi) is 3.98. The van der Waals surface area contributed by atoms with Gasteiger partial charge in [-0.25, -0.2) is 8.49 Å². The molecule has 0 saturated carbocycles. The number of hydroxylamine groups is 2. The summed E-state index contributed by atoms with van der Waals surface area (Å²) >= 11 is -2.42. The van der Waals surface area contributed by atoms with E-state index in [0.717, 1.165) is 0 Å². The van der Waals surface area contributed by atoms with E-state index >= 15 is 0 Å². The summed E-state index contributed by atoms with van der Waals surface area (Å²) in [5.74, 6) is 0. The minimum atomic E-state index is -2.42. The molecule has 0 heterocycles. The zero-order chi connectivity index (χ0) is 6.57. The largest absolute Gasteiger partial charge is 0.748 e. The lowest BCUT2D eigenvalue weighted by Gasteiger charge is -2.13. The van der Waals surface area contributed by atoms with Crippen LogP contribution in [-0.2, 0) is 15.6 Å². The summed E-state index contributed by atoms with van der Waals surface area (Å²) in [6.07, 6.45) is 0. The normalized spacial score (nSPS) is 14.5. The van der Waals surface area contributed by atoms with Gasteiger partial charge in [0.25, 0.3) is 0 Å². The summed E-state index contributed by atoms with van der Waals surface area (Å²) in [5.41, 5.74) is 0. The van der Waals surface area contributed by atoms with Crippen molar-refractivity contribution in [1.29, 1.82) is 0 Å². The van der Waals surface area contributed by atoms with Crippen LogP contribution in [0.25, 0.3) is 0 Å². The number of hydrogen-bond acceptors (Lipinski definition) is 4. The first-order valence-corrected chi connectivity index (χ1v) is 3.15. The summed E-state index contributed by atoms with van der Waals surface area (Å²) in [7, 11) is 1.54. The molecule has 5 heteroatoms. The second-order valence-corrected chi connectivity index (χ2v) is 1.78. The van der Waals surface area contributed by atoms with Crippen LogP contribution >= 0.6 is 0 Å². The molecule has 0 rings (SSSR count). The standard InChI is InChI=1S/C3H9NO3S/c1-3-4(2)7-8(5)6/h3H2,1-2H3,(H,5,6)/p-1. The van der Waals surface area contributed by atoms with Gasteiger partial charge in [0.15, 0.2) is 0 Å². The molecule has 0 aromatic carbocycles. The van der Waals surface area contributed by atoms with Crippen molar-refractivity contribution in [2.75, 3.05) is 13.6 Å². The van der Waals surface area contributed by atoms with E-state index in [1.165, 1.54) is 12.1 Å². The third-order valence-corrected chi connectivity index (χ3v) is 1.01. The molecular formula is C3H8NO3S-. The topological polar surface area (TPSA) is 52.6 Å². The van der Waals surface area contributed by atoms with Crippen molar-refractivity contribution in [2.24, 2.45) is 0 Å². The molecule has 0 aliphatic rings. The van der Waals surface area contributed by atoms with Crippen LogP contribution in [0.15, 0.2) is 0 Å². The minimum absolute atomic E-state index is 0.550. The van der Waals surface area contributed by atoms with E-state index in [4.69, 9.17) is 0 Å². The number of nitrogens with zero attached hydrogens (tertiary/aromatic N) is 1. The van der Waals surface area contributed by atoms with E-state index in [9.17, 15) is 8.76 Å². The van der Waals surface area contributed by atoms with Crippen molar-refractivity contribution >= 4 is 11.4 Å². The molecule has 0 fully saturated rings. The third kappa shape index (κ3) is 4.20. The van der Waals surface area contributed by atoms with Crippen molar-refractivity contribution in [1.82, 2.24) is 5.06 Å². The Bertz CT molecular complexity index is 86.6. The molecule has 8 heavy (non-hydrogen) atoms. The maximum absolute atomic E-state index is 9.70. The molecule has 0 saturated heterocycles. The molecule has 0 aromatic rings. The van der Waals surface area contributed by atoms with Crippen LogP contribution in [-0.4, -0.2) is 27.4 Å². The lowest BCUT2D eigenvalue weighted by molar-refractivity contribution is -0.0211. The van der Waals surface area contributed by atoms with Gasteiger partial charge < -0.3 is 4.55 Å². The summed E-state index contributed by atoms with van der Waals surface area (Å²) < 4.78 is 23.6. The van der Waals surface area contributed by atoms with Gasteiger partial charge in [0.1, 0.15) is 11.4 Å². The Morgan fingerprint density at radius 3 is 2.50 bits per heavy atom. The molecule has 0 bridgehead atoms. The molecular weight excluding hydrogens is 130 g/mol. The van der Waals surface area contributed by atoms with E-state index in [-0.39, 0.29) is 0 Å². The molecule has 0 radical (unpaired) electrons. The Hall–Kier alpha value is 0.0300. The van der Waals surface area contributed by atoms with Crippen LogP contribution in [0.4, 0.5) is 0 Å². The van der Waals surface area contributed by atoms with Gasteiger partial charge >= 0.3 is 0 Å². The highest BCUT2D eigenvalue weighted by molar-refractivity contribution is 7.74. The SMILES string of the molecule is CCN(C)OS(=O)[O-].